The zero-order valence-electron chi connectivity index (χ0n) is 19.0. The van der Waals surface area contributed by atoms with Crippen molar-refractivity contribution in [3.63, 3.8) is 0 Å². The molecule has 1 N–H and O–H groups in total. The number of fused-ring (bicyclic) bond motifs is 3. The summed E-state index contributed by atoms with van der Waals surface area (Å²) in [6, 6.07) is 16.0. The molecule has 9 heteroatoms. The standard InChI is InChI=1S/C27H19ClFN7/c28-17-4-5-19(29)18(12-17)26-27(36-9-2-1-3-24(36)34-26)21-7-6-20-22(33-21)11-16(13-31-20)23-14-32-25-15-30-8-10-35(23)25/h1-7,9,11-14,30H,8,10,15H2. The summed E-state index contributed by atoms with van der Waals surface area (Å²) in [6.45, 7) is 2.50. The minimum Gasteiger partial charge on any atom is -0.326 e. The Morgan fingerprint density at radius 1 is 0.944 bits per heavy atom. The molecule has 0 amide bonds. The van der Waals surface area contributed by atoms with E-state index in [0.717, 1.165) is 47.7 Å². The van der Waals surface area contributed by atoms with E-state index < -0.39 is 5.82 Å². The second-order valence-corrected chi connectivity index (χ2v) is 9.15. The van der Waals surface area contributed by atoms with Crippen molar-refractivity contribution in [2.45, 2.75) is 13.1 Å². The highest BCUT2D eigenvalue weighted by atomic mass is 35.5. The Hall–Kier alpha value is -4.14. The molecule has 6 aromatic rings. The Kier molecular flexibility index (Phi) is 4.83. The predicted octanol–water partition coefficient (Wildman–Crippen LogP) is 5.37. The lowest BCUT2D eigenvalue weighted by Crippen LogP contribution is -2.28. The number of nitrogens with one attached hydrogen (secondary N) is 1. The predicted molar refractivity (Wildman–Crippen MR) is 137 cm³/mol. The molecule has 1 aliphatic rings. The monoisotopic (exact) mass is 495 g/mol. The lowest BCUT2D eigenvalue weighted by Gasteiger charge is -2.17. The van der Waals surface area contributed by atoms with Gasteiger partial charge in [0, 0.05) is 41.6 Å². The number of rotatable bonds is 3. The molecule has 6 heterocycles. The molecule has 0 saturated heterocycles. The molecule has 0 atom stereocenters. The van der Waals surface area contributed by atoms with Gasteiger partial charge in [-0.2, -0.15) is 0 Å². The van der Waals surface area contributed by atoms with Crippen molar-refractivity contribution in [3.8, 4) is 33.9 Å². The number of imidazole rings is 2. The van der Waals surface area contributed by atoms with Crippen LogP contribution in [-0.4, -0.2) is 35.4 Å². The molecule has 7 nitrogen and oxygen atoms in total. The first kappa shape index (κ1) is 21.2. The van der Waals surface area contributed by atoms with Crippen molar-refractivity contribution in [3.05, 3.63) is 89.9 Å². The summed E-state index contributed by atoms with van der Waals surface area (Å²) in [5.41, 5.74) is 6.32. The Morgan fingerprint density at radius 2 is 1.89 bits per heavy atom. The smallest absolute Gasteiger partial charge is 0.137 e. The maximum absolute atomic E-state index is 14.9. The van der Waals surface area contributed by atoms with Gasteiger partial charge in [-0.25, -0.2) is 19.3 Å². The van der Waals surface area contributed by atoms with Crippen molar-refractivity contribution in [1.82, 2.24) is 34.2 Å². The van der Waals surface area contributed by atoms with Crippen molar-refractivity contribution in [1.29, 1.82) is 0 Å². The molecule has 1 aliphatic heterocycles. The number of aromatic nitrogens is 6. The Labute approximate surface area is 210 Å². The first-order chi connectivity index (χ1) is 17.7. The summed E-state index contributed by atoms with van der Waals surface area (Å²) in [5.74, 6) is 0.616. The van der Waals surface area contributed by atoms with Gasteiger partial charge in [-0.1, -0.05) is 17.7 Å². The van der Waals surface area contributed by atoms with Crippen LogP contribution in [0.5, 0.6) is 0 Å². The number of hydrogen-bond acceptors (Lipinski definition) is 5. The Balaban J connectivity index is 1.43. The molecule has 0 spiro atoms. The van der Waals surface area contributed by atoms with Gasteiger partial charge in [-0.15, -0.1) is 0 Å². The minimum atomic E-state index is -0.395. The molecule has 0 unspecified atom stereocenters. The fraction of sp³-hybridized carbons (Fsp3) is 0.111. The molecule has 0 aliphatic carbocycles. The fourth-order valence-corrected chi connectivity index (χ4v) is 4.98. The van der Waals surface area contributed by atoms with Crippen molar-refractivity contribution < 1.29 is 4.39 Å². The van der Waals surface area contributed by atoms with Crippen molar-refractivity contribution >= 4 is 28.3 Å². The lowest BCUT2D eigenvalue weighted by atomic mass is 10.1. The van der Waals surface area contributed by atoms with Crippen LogP contribution < -0.4 is 5.32 Å². The zero-order valence-corrected chi connectivity index (χ0v) is 19.7. The molecular formula is C27H19ClFN7. The van der Waals surface area contributed by atoms with E-state index >= 15 is 0 Å². The third kappa shape index (κ3) is 3.37. The number of nitrogens with zero attached hydrogens (tertiary/aromatic N) is 6. The van der Waals surface area contributed by atoms with Gasteiger partial charge in [0.05, 0.1) is 40.9 Å². The summed E-state index contributed by atoms with van der Waals surface area (Å²) in [5, 5.41) is 3.78. The summed E-state index contributed by atoms with van der Waals surface area (Å²) in [4.78, 5) is 18.9. The largest absolute Gasteiger partial charge is 0.326 e. The van der Waals surface area contributed by atoms with Crippen LogP contribution in [0, 0.1) is 5.82 Å². The molecule has 7 rings (SSSR count). The molecule has 0 fully saturated rings. The van der Waals surface area contributed by atoms with Crippen molar-refractivity contribution in [2.24, 2.45) is 0 Å². The topological polar surface area (TPSA) is 72.9 Å². The fourth-order valence-electron chi connectivity index (χ4n) is 4.81. The maximum Gasteiger partial charge on any atom is 0.137 e. The molecule has 0 bridgehead atoms. The Morgan fingerprint density at radius 3 is 2.83 bits per heavy atom. The normalized spacial score (nSPS) is 13.4. The molecule has 5 aromatic heterocycles. The van der Waals surface area contributed by atoms with Crippen LogP contribution in [0.25, 0.3) is 50.6 Å². The number of hydrogen-bond donors (Lipinski definition) is 1. The molecule has 36 heavy (non-hydrogen) atoms. The third-order valence-electron chi connectivity index (χ3n) is 6.52. The summed E-state index contributed by atoms with van der Waals surface area (Å²) >= 11 is 6.22. The molecular weight excluding hydrogens is 477 g/mol. The van der Waals surface area contributed by atoms with Crippen LogP contribution in [0.4, 0.5) is 4.39 Å². The highest BCUT2D eigenvalue weighted by Crippen LogP contribution is 2.35. The van der Waals surface area contributed by atoms with E-state index in [-0.39, 0.29) is 0 Å². The quantitative estimate of drug-likeness (QED) is 0.357. The first-order valence-corrected chi connectivity index (χ1v) is 12.0. The molecule has 0 saturated carbocycles. The lowest BCUT2D eigenvalue weighted by molar-refractivity contribution is 0.508. The average Bonchev–Trinajstić information content (AvgIpc) is 3.51. The van der Waals surface area contributed by atoms with Crippen LogP contribution >= 0.6 is 11.6 Å². The van der Waals surface area contributed by atoms with E-state index in [0.29, 0.717) is 33.3 Å². The van der Waals surface area contributed by atoms with Crippen LogP contribution in [0.1, 0.15) is 5.82 Å². The minimum absolute atomic E-state index is 0.328. The molecule has 0 radical (unpaired) electrons. The van der Waals surface area contributed by atoms with E-state index in [1.54, 1.807) is 6.07 Å². The van der Waals surface area contributed by atoms with Gasteiger partial charge in [-0.05, 0) is 48.5 Å². The Bertz CT molecular complexity index is 1790. The van der Waals surface area contributed by atoms with Crippen LogP contribution in [0.3, 0.4) is 0 Å². The van der Waals surface area contributed by atoms with Gasteiger partial charge < -0.3 is 9.88 Å². The number of benzene rings is 1. The van der Waals surface area contributed by atoms with Gasteiger partial charge in [0.15, 0.2) is 0 Å². The third-order valence-corrected chi connectivity index (χ3v) is 6.76. The second-order valence-electron chi connectivity index (χ2n) is 8.71. The first-order valence-electron chi connectivity index (χ1n) is 11.6. The zero-order chi connectivity index (χ0) is 24.2. The second kappa shape index (κ2) is 8.22. The van der Waals surface area contributed by atoms with E-state index in [1.165, 1.54) is 12.1 Å². The van der Waals surface area contributed by atoms with Gasteiger partial charge in [0.1, 0.15) is 23.0 Å². The van der Waals surface area contributed by atoms with Crippen LogP contribution in [0.15, 0.2) is 73.2 Å². The van der Waals surface area contributed by atoms with Crippen molar-refractivity contribution in [2.75, 3.05) is 6.54 Å². The van der Waals surface area contributed by atoms with Gasteiger partial charge in [-0.3, -0.25) is 9.38 Å². The average molecular weight is 496 g/mol. The highest BCUT2D eigenvalue weighted by molar-refractivity contribution is 6.30. The number of pyridine rings is 3. The van der Waals surface area contributed by atoms with E-state index in [1.807, 2.05) is 59.4 Å². The SMILES string of the molecule is Fc1ccc(Cl)cc1-c1nc2ccccn2c1-c1ccc2ncc(-c3cnc4n3CCNC4)cc2n1. The van der Waals surface area contributed by atoms with E-state index in [9.17, 15) is 4.39 Å². The van der Waals surface area contributed by atoms with Gasteiger partial charge in [0.2, 0.25) is 0 Å². The summed E-state index contributed by atoms with van der Waals surface area (Å²) in [6.07, 6.45) is 5.65. The highest BCUT2D eigenvalue weighted by Gasteiger charge is 2.21. The summed E-state index contributed by atoms with van der Waals surface area (Å²) in [7, 11) is 0. The molecule has 176 valence electrons. The maximum atomic E-state index is 14.9. The summed E-state index contributed by atoms with van der Waals surface area (Å²) < 4.78 is 19.1. The number of halogens is 2. The van der Waals surface area contributed by atoms with E-state index in [2.05, 4.69) is 19.9 Å². The van der Waals surface area contributed by atoms with Gasteiger partial charge in [0.25, 0.3) is 0 Å². The van der Waals surface area contributed by atoms with Crippen LogP contribution in [0.2, 0.25) is 5.02 Å². The van der Waals surface area contributed by atoms with E-state index in [4.69, 9.17) is 21.6 Å². The van der Waals surface area contributed by atoms with Gasteiger partial charge >= 0.3 is 0 Å². The van der Waals surface area contributed by atoms with Crippen LogP contribution in [-0.2, 0) is 13.1 Å². The molecule has 1 aromatic carbocycles.